The third kappa shape index (κ3) is 2.49. The van der Waals surface area contributed by atoms with Crippen LogP contribution in [0, 0.1) is 12.3 Å². The van der Waals surface area contributed by atoms with Gasteiger partial charge in [0.25, 0.3) is 0 Å². The highest BCUT2D eigenvalue weighted by Gasteiger charge is 2.36. The molecule has 2 rings (SSSR count). The summed E-state index contributed by atoms with van der Waals surface area (Å²) < 4.78 is 1.20. The van der Waals surface area contributed by atoms with Crippen LogP contribution in [0.3, 0.4) is 0 Å². The zero-order valence-corrected chi connectivity index (χ0v) is 11.7. The first-order valence-corrected chi connectivity index (χ1v) is 6.84. The summed E-state index contributed by atoms with van der Waals surface area (Å²) in [5.74, 6) is 0. The molecule has 0 spiro atoms. The molecule has 16 heavy (non-hydrogen) atoms. The van der Waals surface area contributed by atoms with Crippen LogP contribution in [0.25, 0.3) is 0 Å². The molecule has 0 heterocycles. The van der Waals surface area contributed by atoms with Gasteiger partial charge >= 0.3 is 0 Å². The smallest absolute Gasteiger partial charge is 0.0178 e. The Kier molecular flexibility index (Phi) is 3.70. The Balaban J connectivity index is 2.15. The Morgan fingerprint density at radius 2 is 2.12 bits per heavy atom. The van der Waals surface area contributed by atoms with Crippen LogP contribution in [0.15, 0.2) is 22.7 Å². The van der Waals surface area contributed by atoms with E-state index in [1.807, 2.05) is 0 Å². The van der Waals surface area contributed by atoms with E-state index in [1.54, 1.807) is 0 Å². The number of hydrogen-bond acceptors (Lipinski definition) is 1. The molecule has 2 heteroatoms. The number of rotatable bonds is 4. The molecule has 1 aromatic carbocycles. The van der Waals surface area contributed by atoms with Crippen LogP contribution in [0.4, 0.5) is 0 Å². The average Bonchev–Trinajstić information content (AvgIpc) is 2.20. The van der Waals surface area contributed by atoms with E-state index in [4.69, 9.17) is 0 Å². The number of benzene rings is 1. The van der Waals surface area contributed by atoms with Crippen molar-refractivity contribution in [2.45, 2.75) is 32.6 Å². The lowest BCUT2D eigenvalue weighted by atomic mass is 9.65. The number of hydrogen-bond donors (Lipinski definition) is 1. The molecule has 0 aliphatic heterocycles. The molecule has 0 atom stereocenters. The fourth-order valence-electron chi connectivity index (χ4n) is 2.70. The van der Waals surface area contributed by atoms with Gasteiger partial charge < -0.3 is 5.32 Å². The van der Waals surface area contributed by atoms with E-state index in [1.165, 1.54) is 41.3 Å². The molecule has 1 aliphatic rings. The third-order valence-corrected chi connectivity index (χ3v) is 4.34. The Bertz CT molecular complexity index is 369. The fourth-order valence-corrected chi connectivity index (χ4v) is 3.11. The number of halogens is 1. The molecule has 0 unspecified atom stereocenters. The summed E-state index contributed by atoms with van der Waals surface area (Å²) in [6.45, 7) is 3.37. The van der Waals surface area contributed by atoms with Gasteiger partial charge in [-0.1, -0.05) is 28.4 Å². The Labute approximate surface area is 107 Å². The first-order valence-electron chi connectivity index (χ1n) is 6.05. The molecule has 1 N–H and O–H groups in total. The molecule has 1 aliphatic carbocycles. The van der Waals surface area contributed by atoms with Crippen molar-refractivity contribution >= 4 is 15.9 Å². The Morgan fingerprint density at radius 3 is 2.69 bits per heavy atom. The van der Waals surface area contributed by atoms with E-state index < -0.39 is 0 Å². The van der Waals surface area contributed by atoms with E-state index >= 15 is 0 Å². The third-order valence-electron chi connectivity index (χ3n) is 3.84. The Morgan fingerprint density at radius 1 is 1.38 bits per heavy atom. The van der Waals surface area contributed by atoms with Crippen molar-refractivity contribution in [3.8, 4) is 0 Å². The second kappa shape index (κ2) is 4.89. The molecule has 0 saturated heterocycles. The van der Waals surface area contributed by atoms with Crippen molar-refractivity contribution in [3.05, 3.63) is 33.8 Å². The average molecular weight is 282 g/mol. The second-order valence-corrected chi connectivity index (χ2v) is 6.05. The lowest BCUT2D eigenvalue weighted by Gasteiger charge is -2.42. The second-order valence-electron chi connectivity index (χ2n) is 5.13. The van der Waals surface area contributed by atoms with E-state index in [2.05, 4.69) is 53.4 Å². The topological polar surface area (TPSA) is 12.0 Å². The van der Waals surface area contributed by atoms with Crippen LogP contribution in [0.1, 0.15) is 30.4 Å². The zero-order chi connectivity index (χ0) is 11.6. The van der Waals surface area contributed by atoms with Crippen molar-refractivity contribution in [2.24, 2.45) is 5.41 Å². The van der Waals surface area contributed by atoms with Crippen LogP contribution < -0.4 is 5.32 Å². The first kappa shape index (κ1) is 12.1. The van der Waals surface area contributed by atoms with Crippen LogP contribution in [-0.4, -0.2) is 13.6 Å². The lowest BCUT2D eigenvalue weighted by Crippen LogP contribution is -2.40. The van der Waals surface area contributed by atoms with Crippen molar-refractivity contribution in [1.29, 1.82) is 0 Å². The highest BCUT2D eigenvalue weighted by Crippen LogP contribution is 2.43. The highest BCUT2D eigenvalue weighted by atomic mass is 79.9. The molecule has 1 saturated carbocycles. The van der Waals surface area contributed by atoms with Crippen molar-refractivity contribution in [3.63, 3.8) is 0 Å². The van der Waals surface area contributed by atoms with Gasteiger partial charge in [-0.2, -0.15) is 0 Å². The lowest BCUT2D eigenvalue weighted by molar-refractivity contribution is 0.133. The predicted octanol–water partition coefficient (Wildman–Crippen LogP) is 3.69. The quantitative estimate of drug-likeness (QED) is 0.888. The molecular weight excluding hydrogens is 262 g/mol. The van der Waals surface area contributed by atoms with Crippen LogP contribution in [-0.2, 0) is 6.42 Å². The van der Waals surface area contributed by atoms with E-state index in [9.17, 15) is 0 Å². The summed E-state index contributed by atoms with van der Waals surface area (Å²) in [6, 6.07) is 6.63. The molecule has 1 fully saturated rings. The molecule has 0 aromatic heterocycles. The first-order chi connectivity index (χ1) is 7.65. The summed E-state index contributed by atoms with van der Waals surface area (Å²) in [6.07, 6.45) is 5.37. The van der Waals surface area contributed by atoms with Crippen LogP contribution in [0.2, 0.25) is 0 Å². The summed E-state index contributed by atoms with van der Waals surface area (Å²) in [7, 11) is 2.06. The van der Waals surface area contributed by atoms with Gasteiger partial charge in [0, 0.05) is 11.0 Å². The number of nitrogens with one attached hydrogen (secondary N) is 1. The maximum atomic E-state index is 3.57. The summed E-state index contributed by atoms with van der Waals surface area (Å²) >= 11 is 3.57. The van der Waals surface area contributed by atoms with Gasteiger partial charge in [-0.15, -0.1) is 0 Å². The number of aryl methyl sites for hydroxylation is 1. The van der Waals surface area contributed by atoms with Gasteiger partial charge in [0.05, 0.1) is 0 Å². The minimum atomic E-state index is 0.528. The van der Waals surface area contributed by atoms with Gasteiger partial charge in [-0.3, -0.25) is 0 Å². The summed E-state index contributed by atoms with van der Waals surface area (Å²) in [5.41, 5.74) is 3.45. The molecule has 88 valence electrons. The van der Waals surface area contributed by atoms with Crippen molar-refractivity contribution in [2.75, 3.05) is 13.6 Å². The van der Waals surface area contributed by atoms with Crippen molar-refractivity contribution in [1.82, 2.24) is 5.32 Å². The summed E-state index contributed by atoms with van der Waals surface area (Å²) in [5, 5.41) is 3.35. The largest absolute Gasteiger partial charge is 0.319 e. The molecule has 0 bridgehead atoms. The Hall–Kier alpha value is -0.340. The highest BCUT2D eigenvalue weighted by molar-refractivity contribution is 9.10. The fraction of sp³-hybridized carbons (Fsp3) is 0.571. The van der Waals surface area contributed by atoms with Gasteiger partial charge in [-0.05, 0) is 61.9 Å². The standard InChI is InChI=1S/C14H20BrN/c1-11-4-5-13(15)8-12(11)9-14(10-16-2)6-3-7-14/h4-5,8,16H,3,6-7,9-10H2,1-2H3. The zero-order valence-electron chi connectivity index (χ0n) is 10.1. The summed E-state index contributed by atoms with van der Waals surface area (Å²) in [4.78, 5) is 0. The van der Waals surface area contributed by atoms with E-state index in [-0.39, 0.29) is 0 Å². The van der Waals surface area contributed by atoms with Gasteiger partial charge in [-0.25, -0.2) is 0 Å². The maximum Gasteiger partial charge on any atom is 0.0178 e. The molecule has 1 aromatic rings. The van der Waals surface area contributed by atoms with Gasteiger partial charge in [0.1, 0.15) is 0 Å². The van der Waals surface area contributed by atoms with Gasteiger partial charge in [0.2, 0.25) is 0 Å². The minimum absolute atomic E-state index is 0.528. The van der Waals surface area contributed by atoms with E-state index in [0.29, 0.717) is 5.41 Å². The van der Waals surface area contributed by atoms with Crippen molar-refractivity contribution < 1.29 is 0 Å². The monoisotopic (exact) mass is 281 g/mol. The molecule has 0 amide bonds. The predicted molar refractivity (Wildman–Crippen MR) is 72.8 cm³/mol. The molecular formula is C14H20BrN. The molecule has 1 nitrogen and oxygen atoms in total. The van der Waals surface area contributed by atoms with E-state index in [0.717, 1.165) is 6.54 Å². The minimum Gasteiger partial charge on any atom is -0.319 e. The van der Waals surface area contributed by atoms with Crippen LogP contribution >= 0.6 is 15.9 Å². The normalized spacial score (nSPS) is 18.2. The van der Waals surface area contributed by atoms with Gasteiger partial charge in [0.15, 0.2) is 0 Å². The van der Waals surface area contributed by atoms with Crippen LogP contribution in [0.5, 0.6) is 0 Å². The SMILES string of the molecule is CNCC1(Cc2cc(Br)ccc2C)CCC1. The maximum absolute atomic E-state index is 3.57. The molecule has 0 radical (unpaired) electrons.